The normalized spacial score (nSPS) is 15.1. The molecule has 1 unspecified atom stereocenters. The molecule has 3 amide bonds. The summed E-state index contributed by atoms with van der Waals surface area (Å²) < 4.78 is 11.5. The first-order valence-electron chi connectivity index (χ1n) is 25.4. The van der Waals surface area contributed by atoms with Crippen molar-refractivity contribution in [1.29, 1.82) is 0 Å². The molecule has 4 aromatic carbocycles. The van der Waals surface area contributed by atoms with Gasteiger partial charge in [0.2, 0.25) is 0 Å². The lowest BCUT2D eigenvalue weighted by atomic mass is 10.0. The van der Waals surface area contributed by atoms with Crippen LogP contribution in [0.25, 0.3) is 0 Å². The molecule has 1 aliphatic heterocycles. The van der Waals surface area contributed by atoms with Gasteiger partial charge >= 0.3 is 29.8 Å². The molecule has 2 atom stereocenters. The highest BCUT2D eigenvalue weighted by atomic mass is 35.5. The average Bonchev–Trinajstić information content (AvgIpc) is 3.55. The van der Waals surface area contributed by atoms with Gasteiger partial charge in [0.1, 0.15) is 29.9 Å². The van der Waals surface area contributed by atoms with E-state index in [-0.39, 0.29) is 125 Å². The van der Waals surface area contributed by atoms with Crippen molar-refractivity contribution >= 4 is 93.8 Å². The van der Waals surface area contributed by atoms with Crippen LogP contribution in [0.15, 0.2) is 78.9 Å². The minimum Gasteiger partial charge on any atom is -0.508 e. The van der Waals surface area contributed by atoms with Crippen molar-refractivity contribution in [2.45, 2.75) is 25.0 Å². The van der Waals surface area contributed by atoms with Crippen LogP contribution >= 0.6 is 35.4 Å². The highest BCUT2D eigenvalue weighted by molar-refractivity contribution is 7.80. The standard InChI is InChI=1S/C53H63Cl2N9O17S/c54-41-22-35(23-42(55)48(41)51(77)60-43(52(78)79)26-58-49(75)34-20-38(65)24-39(66)21-34)50(76)57-25-33-2-1-3-40(19-33)81-17-16-80-15-8-56-53(82)59-36-6-4-32(5-7-36)18-37-27-63(30-46(71)72)12-11-61(28-44(67)68)9-10-62(29-45(69)70)13-14-64(37)31-47(73)74/h1-7,19-24,37,43,65-66H,8-18,25-31H2,(H,57,76)(H,58,75)(H,60,77)(H,67,68)(H,69,70)(H,71,72)(H,73,74)(H,78,79)(H2,56,59,82)/t37?,43-/m0/s1. The van der Waals surface area contributed by atoms with E-state index in [1.54, 1.807) is 56.0 Å². The number of aliphatic carboxylic acids is 5. The van der Waals surface area contributed by atoms with Crippen LogP contribution in [-0.4, -0.2) is 225 Å². The summed E-state index contributed by atoms with van der Waals surface area (Å²) in [5, 5.41) is 80.9. The number of nitrogens with one attached hydrogen (secondary N) is 5. The molecule has 0 spiro atoms. The van der Waals surface area contributed by atoms with E-state index in [9.17, 15) is 74.1 Å². The van der Waals surface area contributed by atoms with E-state index in [2.05, 4.69) is 26.6 Å². The zero-order chi connectivity index (χ0) is 59.9. The van der Waals surface area contributed by atoms with Gasteiger partial charge in [-0.3, -0.25) is 53.2 Å². The Morgan fingerprint density at radius 1 is 0.610 bits per heavy atom. The number of phenolic OH excluding ortho intramolecular Hbond substituents is 2. The number of phenols is 2. The second-order valence-corrected chi connectivity index (χ2v) is 19.9. The smallest absolute Gasteiger partial charge is 0.328 e. The van der Waals surface area contributed by atoms with Gasteiger partial charge in [-0.2, -0.15) is 0 Å². The fourth-order valence-electron chi connectivity index (χ4n) is 8.49. The first-order valence-corrected chi connectivity index (χ1v) is 26.5. The fourth-order valence-corrected chi connectivity index (χ4v) is 9.37. The number of carboxylic acid groups (broad SMARTS) is 5. The quantitative estimate of drug-likeness (QED) is 0.0299. The van der Waals surface area contributed by atoms with Crippen LogP contribution in [0.4, 0.5) is 5.69 Å². The number of aromatic hydroxyl groups is 2. The number of amides is 3. The number of thiocarbonyl (C=S) groups is 1. The molecular weight excluding hydrogens is 1140 g/mol. The topological polar surface area (TPSA) is 370 Å². The summed E-state index contributed by atoms with van der Waals surface area (Å²) in [5.41, 5.74) is 1.63. The molecule has 0 radical (unpaired) electrons. The molecular formula is C53H63Cl2N9O17S. The molecule has 0 aromatic heterocycles. The number of carbonyl (C=O) groups is 8. The molecule has 1 aliphatic rings. The van der Waals surface area contributed by atoms with Crippen molar-refractivity contribution in [3.63, 3.8) is 0 Å². The minimum atomic E-state index is -1.66. The minimum absolute atomic E-state index is 0.00222. The number of ether oxygens (including phenoxy) is 2. The van der Waals surface area contributed by atoms with Crippen LogP contribution in [0.3, 0.4) is 0 Å². The van der Waals surface area contributed by atoms with Crippen molar-refractivity contribution in [3.05, 3.63) is 117 Å². The van der Waals surface area contributed by atoms with E-state index in [0.717, 1.165) is 23.8 Å². The number of carboxylic acids is 5. The van der Waals surface area contributed by atoms with E-state index in [1.807, 2.05) is 12.1 Å². The van der Waals surface area contributed by atoms with Gasteiger partial charge in [0.05, 0.1) is 55.0 Å². The maximum atomic E-state index is 13.1. The lowest BCUT2D eigenvalue weighted by molar-refractivity contribution is -0.142. The average molecular weight is 1200 g/mol. The summed E-state index contributed by atoms with van der Waals surface area (Å²) >= 11 is 18.2. The van der Waals surface area contributed by atoms with Crippen molar-refractivity contribution in [1.82, 2.24) is 40.9 Å². The molecule has 0 bridgehead atoms. The lowest BCUT2D eigenvalue weighted by Crippen LogP contribution is -2.53. The van der Waals surface area contributed by atoms with Crippen LogP contribution in [-0.2, 0) is 41.7 Å². The number of halogens is 2. The molecule has 0 saturated carbocycles. The van der Waals surface area contributed by atoms with E-state index >= 15 is 0 Å². The number of benzene rings is 4. The summed E-state index contributed by atoms with van der Waals surface area (Å²) in [6, 6.07) is 17.4. The molecule has 26 nitrogen and oxygen atoms in total. The second-order valence-electron chi connectivity index (χ2n) is 18.7. The molecule has 1 heterocycles. The Kier molecular flexibility index (Phi) is 25.8. The number of hydrogen-bond donors (Lipinski definition) is 12. The van der Waals surface area contributed by atoms with Crippen molar-refractivity contribution in [3.8, 4) is 17.2 Å². The summed E-state index contributed by atoms with van der Waals surface area (Å²) in [6.07, 6.45) is 0.305. The maximum absolute atomic E-state index is 13.1. The predicted molar refractivity (Wildman–Crippen MR) is 301 cm³/mol. The van der Waals surface area contributed by atoms with Gasteiger partial charge in [0.25, 0.3) is 17.7 Å². The molecule has 5 rings (SSSR count). The molecule has 29 heteroatoms. The van der Waals surface area contributed by atoms with Gasteiger partial charge in [-0.1, -0.05) is 47.5 Å². The van der Waals surface area contributed by atoms with Crippen LogP contribution in [0, 0.1) is 0 Å². The van der Waals surface area contributed by atoms with E-state index in [1.165, 1.54) is 12.1 Å². The zero-order valence-corrected chi connectivity index (χ0v) is 46.4. The Morgan fingerprint density at radius 3 is 1.77 bits per heavy atom. The molecule has 12 N–H and O–H groups in total. The third kappa shape index (κ3) is 22.6. The Morgan fingerprint density at radius 2 is 1.17 bits per heavy atom. The first kappa shape index (κ1) is 64.9. The maximum Gasteiger partial charge on any atom is 0.328 e. The summed E-state index contributed by atoms with van der Waals surface area (Å²) in [7, 11) is 0. The van der Waals surface area contributed by atoms with Gasteiger partial charge in [0, 0.05) is 94.4 Å². The number of anilines is 1. The molecule has 4 aromatic rings. The van der Waals surface area contributed by atoms with Crippen molar-refractivity contribution < 1.29 is 83.6 Å². The lowest BCUT2D eigenvalue weighted by Gasteiger charge is -2.37. The van der Waals surface area contributed by atoms with E-state index < -0.39 is 77.7 Å². The Hall–Kier alpha value is -7.89. The SMILES string of the molecule is O=C(O)CN1CCN(CC(=O)O)CCN(CC(=O)O)C(Cc2ccc(NC(=S)NCCOCCOc3cccc(CNC(=O)c4cc(Cl)c(C(=O)N[C@@H](CNC(=O)c5cc(O)cc(O)c5)C(=O)O)c(Cl)c4)c3)cc2)CN(CC(=O)O)CC1. The molecule has 0 aliphatic carbocycles. The van der Waals surface area contributed by atoms with E-state index in [0.29, 0.717) is 35.1 Å². The highest BCUT2D eigenvalue weighted by Crippen LogP contribution is 2.28. The molecule has 1 fully saturated rings. The van der Waals surface area contributed by atoms with Gasteiger partial charge in [0.15, 0.2) is 5.11 Å². The van der Waals surface area contributed by atoms with Crippen LogP contribution < -0.4 is 31.3 Å². The predicted octanol–water partition coefficient (Wildman–Crippen LogP) is 1.80. The Balaban J connectivity index is 1.05. The second kappa shape index (κ2) is 32.5. The Labute approximate surface area is 485 Å². The van der Waals surface area contributed by atoms with E-state index in [4.69, 9.17) is 44.9 Å². The zero-order valence-electron chi connectivity index (χ0n) is 44.1. The highest BCUT2D eigenvalue weighted by Gasteiger charge is 2.29. The molecule has 82 heavy (non-hydrogen) atoms. The van der Waals surface area contributed by atoms with Gasteiger partial charge in [-0.15, -0.1) is 0 Å². The molecule has 1 saturated heterocycles. The summed E-state index contributed by atoms with van der Waals surface area (Å²) in [4.78, 5) is 105. The Bertz CT molecular complexity index is 2880. The number of carbonyl (C=O) groups excluding carboxylic acids is 3. The number of nitrogens with zero attached hydrogens (tertiary/aromatic N) is 4. The third-order valence-corrected chi connectivity index (χ3v) is 13.2. The van der Waals surface area contributed by atoms with Gasteiger partial charge < -0.3 is 71.8 Å². The largest absolute Gasteiger partial charge is 0.508 e. The van der Waals surface area contributed by atoms with Crippen molar-refractivity contribution in [2.75, 3.05) is 110 Å². The van der Waals surface area contributed by atoms with Crippen molar-refractivity contribution in [2.24, 2.45) is 0 Å². The summed E-state index contributed by atoms with van der Waals surface area (Å²) in [5.74, 6) is -8.65. The summed E-state index contributed by atoms with van der Waals surface area (Å²) in [6.45, 7) is 0.296. The molecule has 442 valence electrons. The third-order valence-electron chi connectivity index (χ3n) is 12.4. The van der Waals surface area contributed by atoms with Gasteiger partial charge in [-0.25, -0.2) is 4.79 Å². The van der Waals surface area contributed by atoms with Gasteiger partial charge in [-0.05, 0) is 78.3 Å². The first-order chi connectivity index (χ1) is 39.0. The van der Waals surface area contributed by atoms with Crippen LogP contribution in [0.5, 0.6) is 17.2 Å². The van der Waals surface area contributed by atoms with Crippen LogP contribution in [0.1, 0.15) is 42.2 Å². The monoisotopic (exact) mass is 1200 g/mol. The number of hydrogen-bond acceptors (Lipinski definition) is 17. The van der Waals surface area contributed by atoms with Crippen LogP contribution in [0.2, 0.25) is 10.0 Å². The number of rotatable bonds is 27. The fraction of sp³-hybridized carbons (Fsp3) is 0.377.